The highest BCUT2D eigenvalue weighted by Crippen LogP contribution is 2.30. The Kier molecular flexibility index (Phi) is 11.5. The first-order valence-electron chi connectivity index (χ1n) is 11.9. The van der Waals surface area contributed by atoms with Gasteiger partial charge in [0.15, 0.2) is 0 Å². The van der Waals surface area contributed by atoms with Crippen LogP contribution < -0.4 is 10.5 Å². The SMILES string of the molecule is CS(=O)(=O)[O-].C[N+](C)(C)CCCC(=O)OCOc1ccc(Cl)c(Cn2nc(-c3ccc(C(F)(F)F)cc3)oc2=O)c1. The lowest BCUT2D eigenvalue weighted by molar-refractivity contribution is -0.870. The van der Waals surface area contributed by atoms with Gasteiger partial charge in [0, 0.05) is 23.3 Å². The Bertz CT molecular complexity index is 1470. The van der Waals surface area contributed by atoms with Crippen molar-refractivity contribution in [3.63, 3.8) is 0 Å². The zero-order valence-corrected chi connectivity index (χ0v) is 24.2. The average molecular weight is 624 g/mol. The number of hydrogen-bond donors (Lipinski definition) is 0. The van der Waals surface area contributed by atoms with Crippen molar-refractivity contribution in [2.45, 2.75) is 25.6 Å². The van der Waals surface area contributed by atoms with Gasteiger partial charge in [-0.05, 0) is 48.0 Å². The van der Waals surface area contributed by atoms with E-state index < -0.39 is 27.6 Å². The maximum Gasteiger partial charge on any atom is 0.437 e. The quantitative estimate of drug-likeness (QED) is 0.143. The fourth-order valence-corrected chi connectivity index (χ4v) is 3.36. The van der Waals surface area contributed by atoms with Gasteiger partial charge in [-0.2, -0.15) is 17.9 Å². The van der Waals surface area contributed by atoms with Crippen molar-refractivity contribution in [3.8, 4) is 17.2 Å². The van der Waals surface area contributed by atoms with Gasteiger partial charge in [-0.15, -0.1) is 5.10 Å². The average Bonchev–Trinajstić information content (AvgIpc) is 3.19. The van der Waals surface area contributed by atoms with Crippen LogP contribution in [0.5, 0.6) is 5.75 Å². The minimum Gasteiger partial charge on any atom is -0.748 e. The Morgan fingerprint density at radius 2 is 1.76 bits per heavy atom. The van der Waals surface area contributed by atoms with E-state index in [9.17, 15) is 22.8 Å². The number of quaternary nitrogens is 1. The Morgan fingerprint density at radius 1 is 1.15 bits per heavy atom. The number of aromatic nitrogens is 2. The zero-order valence-electron chi connectivity index (χ0n) is 22.6. The first-order valence-corrected chi connectivity index (χ1v) is 14.0. The fraction of sp³-hybridized carbons (Fsp3) is 0.400. The second-order valence-electron chi connectivity index (χ2n) is 9.76. The smallest absolute Gasteiger partial charge is 0.437 e. The molecule has 41 heavy (non-hydrogen) atoms. The summed E-state index contributed by atoms with van der Waals surface area (Å²) in [6.45, 7) is 0.467. The molecule has 1 heterocycles. The third-order valence-electron chi connectivity index (χ3n) is 5.06. The van der Waals surface area contributed by atoms with Crippen LogP contribution in [-0.4, -0.2) is 73.9 Å². The first kappa shape index (κ1) is 33.8. The zero-order chi connectivity index (χ0) is 31.0. The molecule has 0 spiro atoms. The Labute approximate surface area is 239 Å². The molecular formula is C25H29ClF3N3O8S. The van der Waals surface area contributed by atoms with Crippen LogP contribution in [0.2, 0.25) is 5.02 Å². The minimum atomic E-state index is -4.48. The molecule has 0 amide bonds. The van der Waals surface area contributed by atoms with Crippen molar-refractivity contribution in [3.05, 3.63) is 69.2 Å². The number of benzene rings is 2. The summed E-state index contributed by atoms with van der Waals surface area (Å²) in [5.74, 6) is -0.958. The molecule has 0 saturated carbocycles. The summed E-state index contributed by atoms with van der Waals surface area (Å²) >= 11 is 6.24. The molecule has 0 aliphatic carbocycles. The summed E-state index contributed by atoms with van der Waals surface area (Å²) in [6, 6.07) is 8.79. The van der Waals surface area contributed by atoms with E-state index in [4.69, 9.17) is 38.5 Å². The number of carbonyl (C=O) groups is 1. The molecule has 0 atom stereocenters. The summed E-state index contributed by atoms with van der Waals surface area (Å²) in [5.41, 5.74) is -0.144. The number of carbonyl (C=O) groups excluding carboxylic acids is 1. The molecular weight excluding hydrogens is 595 g/mol. The molecule has 0 aliphatic rings. The van der Waals surface area contributed by atoms with Crippen molar-refractivity contribution in [2.75, 3.05) is 40.7 Å². The standard InChI is InChI=1S/C24H26ClF3N3O5.CH4O3S/c1-31(2,3)12-4-5-21(32)35-15-34-19-10-11-20(25)17(13-19)14-30-23(33)36-22(29-30)16-6-8-18(9-7-16)24(26,27)28;1-5(2,3)4/h6-11,13H,4-5,12,14-15H2,1-3H3;1H3,(H,2,3,4)/q+1;/p-1. The summed E-state index contributed by atoms with van der Waals surface area (Å²) < 4.78 is 82.9. The van der Waals surface area contributed by atoms with Gasteiger partial charge >= 0.3 is 17.9 Å². The summed E-state index contributed by atoms with van der Waals surface area (Å²) in [7, 11) is 2.19. The van der Waals surface area contributed by atoms with E-state index in [-0.39, 0.29) is 37.2 Å². The molecule has 0 aliphatic heterocycles. The van der Waals surface area contributed by atoms with Gasteiger partial charge in [-0.3, -0.25) is 4.79 Å². The van der Waals surface area contributed by atoms with Crippen LogP contribution in [0, 0.1) is 0 Å². The van der Waals surface area contributed by atoms with E-state index >= 15 is 0 Å². The number of rotatable bonds is 10. The molecule has 0 fully saturated rings. The van der Waals surface area contributed by atoms with E-state index in [1.54, 1.807) is 18.2 Å². The van der Waals surface area contributed by atoms with Gasteiger partial charge < -0.3 is 22.9 Å². The summed E-state index contributed by atoms with van der Waals surface area (Å²) in [5, 5.41) is 4.38. The van der Waals surface area contributed by atoms with Crippen molar-refractivity contribution in [1.29, 1.82) is 0 Å². The highest BCUT2D eigenvalue weighted by molar-refractivity contribution is 7.84. The molecule has 16 heteroatoms. The number of alkyl halides is 3. The number of nitrogens with zero attached hydrogens (tertiary/aromatic N) is 3. The molecule has 0 radical (unpaired) electrons. The normalized spacial score (nSPS) is 11.9. The molecule has 0 unspecified atom stereocenters. The van der Waals surface area contributed by atoms with E-state index in [1.165, 1.54) is 12.1 Å². The maximum atomic E-state index is 12.8. The number of hydrogen-bond acceptors (Lipinski definition) is 9. The van der Waals surface area contributed by atoms with E-state index in [1.807, 2.05) is 21.1 Å². The molecule has 0 bridgehead atoms. The third-order valence-corrected chi connectivity index (χ3v) is 5.43. The first-order chi connectivity index (χ1) is 18.8. The van der Waals surface area contributed by atoms with Crippen molar-refractivity contribution < 1.29 is 49.3 Å². The van der Waals surface area contributed by atoms with Crippen molar-refractivity contribution in [2.24, 2.45) is 0 Å². The molecule has 226 valence electrons. The summed E-state index contributed by atoms with van der Waals surface area (Å²) in [4.78, 5) is 24.1. The van der Waals surface area contributed by atoms with Gasteiger partial charge in [0.05, 0.1) is 56.3 Å². The lowest BCUT2D eigenvalue weighted by Crippen LogP contribution is -2.35. The van der Waals surface area contributed by atoms with Crippen LogP contribution in [0.3, 0.4) is 0 Å². The number of halogens is 4. The molecule has 0 saturated heterocycles. The van der Waals surface area contributed by atoms with Crippen molar-refractivity contribution in [1.82, 2.24) is 9.78 Å². The van der Waals surface area contributed by atoms with E-state index in [0.717, 1.165) is 27.8 Å². The molecule has 0 N–H and O–H groups in total. The fourth-order valence-electron chi connectivity index (χ4n) is 3.18. The van der Waals surface area contributed by atoms with Gasteiger partial charge in [0.2, 0.25) is 12.7 Å². The van der Waals surface area contributed by atoms with Crippen LogP contribution >= 0.6 is 11.6 Å². The van der Waals surface area contributed by atoms with Gasteiger partial charge in [-0.1, -0.05) is 11.6 Å². The molecule has 3 aromatic rings. The predicted octanol–water partition coefficient (Wildman–Crippen LogP) is 3.75. The molecule has 3 rings (SSSR count). The van der Waals surface area contributed by atoms with Crippen LogP contribution in [-0.2, 0) is 32.4 Å². The van der Waals surface area contributed by atoms with Gasteiger partial charge in [0.1, 0.15) is 5.75 Å². The third kappa shape index (κ3) is 12.8. The Hall–Kier alpha value is -3.40. The topological polar surface area (TPSA) is 141 Å². The predicted molar refractivity (Wildman–Crippen MR) is 141 cm³/mol. The van der Waals surface area contributed by atoms with Crippen LogP contribution in [0.4, 0.5) is 13.2 Å². The second kappa shape index (κ2) is 14.0. The second-order valence-corrected chi connectivity index (χ2v) is 11.6. The molecule has 2 aromatic carbocycles. The van der Waals surface area contributed by atoms with E-state index in [0.29, 0.717) is 29.0 Å². The Balaban J connectivity index is 0.00000108. The molecule has 11 nitrogen and oxygen atoms in total. The van der Waals surface area contributed by atoms with Crippen molar-refractivity contribution >= 4 is 27.7 Å². The lowest BCUT2D eigenvalue weighted by atomic mass is 10.1. The van der Waals surface area contributed by atoms with E-state index in [2.05, 4.69) is 5.10 Å². The van der Waals surface area contributed by atoms with Crippen LogP contribution in [0.25, 0.3) is 11.5 Å². The van der Waals surface area contributed by atoms with Gasteiger partial charge in [-0.25, -0.2) is 13.2 Å². The number of ether oxygens (including phenoxy) is 2. The minimum absolute atomic E-state index is 0.0795. The van der Waals surface area contributed by atoms with Crippen LogP contribution in [0.1, 0.15) is 24.0 Å². The highest BCUT2D eigenvalue weighted by Gasteiger charge is 2.30. The molecule has 1 aromatic heterocycles. The lowest BCUT2D eigenvalue weighted by Gasteiger charge is -2.23. The monoisotopic (exact) mass is 623 g/mol. The highest BCUT2D eigenvalue weighted by atomic mass is 35.5. The van der Waals surface area contributed by atoms with Crippen LogP contribution in [0.15, 0.2) is 51.7 Å². The maximum absolute atomic E-state index is 12.8. The summed E-state index contributed by atoms with van der Waals surface area (Å²) in [6.07, 6.45) is -2.91. The number of esters is 1. The van der Waals surface area contributed by atoms with Gasteiger partial charge in [0.25, 0.3) is 0 Å². The Morgan fingerprint density at radius 3 is 2.32 bits per heavy atom. The largest absolute Gasteiger partial charge is 0.748 e.